The molecule has 2 N–H and O–H groups in total. The van der Waals surface area contributed by atoms with Gasteiger partial charge in [0.2, 0.25) is 17.7 Å². The number of imide groups is 1. The van der Waals surface area contributed by atoms with Gasteiger partial charge in [-0.05, 0) is 54.1 Å². The second-order valence-corrected chi connectivity index (χ2v) is 14.2. The van der Waals surface area contributed by atoms with Crippen LogP contribution >= 0.6 is 0 Å². The van der Waals surface area contributed by atoms with Crippen molar-refractivity contribution in [3.8, 4) is 22.5 Å². The fraction of sp³-hybridized carbons (Fsp3) is 0.286. The zero-order valence-corrected chi connectivity index (χ0v) is 30.8. The van der Waals surface area contributed by atoms with Crippen molar-refractivity contribution in [2.24, 2.45) is 0 Å². The number of fused-ring (bicyclic) bond motifs is 3. The van der Waals surface area contributed by atoms with Crippen molar-refractivity contribution in [3.05, 3.63) is 107 Å². The van der Waals surface area contributed by atoms with Crippen molar-refractivity contribution in [1.82, 2.24) is 40.0 Å². The third-order valence-electron chi connectivity index (χ3n) is 10.7. The highest BCUT2D eigenvalue weighted by Crippen LogP contribution is 2.35. The highest BCUT2D eigenvalue weighted by Gasteiger charge is 2.39. The van der Waals surface area contributed by atoms with E-state index in [4.69, 9.17) is 9.97 Å². The monoisotopic (exact) mass is 736 g/mol. The minimum Gasteiger partial charge on any atom is -0.345 e. The van der Waals surface area contributed by atoms with Crippen molar-refractivity contribution in [2.75, 3.05) is 6.54 Å². The number of carbonyl (C=O) groups is 5. The van der Waals surface area contributed by atoms with Gasteiger partial charge in [-0.15, -0.1) is 0 Å². The Morgan fingerprint density at radius 1 is 1.00 bits per heavy atom. The van der Waals surface area contributed by atoms with Crippen LogP contribution in [-0.2, 0) is 40.4 Å². The second kappa shape index (κ2) is 14.4. The molecule has 55 heavy (non-hydrogen) atoms. The minimum atomic E-state index is -0.689. The molecule has 6 heterocycles. The molecule has 8 rings (SSSR count). The van der Waals surface area contributed by atoms with E-state index in [1.54, 1.807) is 31.3 Å². The van der Waals surface area contributed by atoms with E-state index in [0.29, 0.717) is 30.8 Å². The molecule has 5 aromatic rings. The number of piperidine rings is 1. The van der Waals surface area contributed by atoms with Gasteiger partial charge >= 0.3 is 0 Å². The number of hydrogen-bond donors (Lipinski definition) is 2. The molecule has 0 bridgehead atoms. The number of imidazole rings is 1. The molecule has 13 nitrogen and oxygen atoms in total. The summed E-state index contributed by atoms with van der Waals surface area (Å²) in [5, 5.41) is 7.24. The normalized spacial score (nSPS) is 17.4. The van der Waals surface area contributed by atoms with Gasteiger partial charge in [0.15, 0.2) is 0 Å². The number of rotatable bonds is 8. The molecule has 1 unspecified atom stereocenters. The Hall–Kier alpha value is -6.50. The largest absolute Gasteiger partial charge is 0.345 e. The van der Waals surface area contributed by atoms with E-state index in [1.165, 1.54) is 4.90 Å². The van der Waals surface area contributed by atoms with Gasteiger partial charge in [-0.1, -0.05) is 49.4 Å². The molecule has 2 atom stereocenters. The minimum absolute atomic E-state index is 0.0532. The highest BCUT2D eigenvalue weighted by atomic mass is 16.2. The van der Waals surface area contributed by atoms with Gasteiger partial charge in [0, 0.05) is 79.9 Å². The van der Waals surface area contributed by atoms with E-state index >= 15 is 0 Å². The molecule has 3 aliphatic rings. The van der Waals surface area contributed by atoms with Crippen LogP contribution in [0.1, 0.15) is 77.1 Å². The van der Waals surface area contributed by atoms with Gasteiger partial charge in [0.1, 0.15) is 17.6 Å². The van der Waals surface area contributed by atoms with Gasteiger partial charge in [0.05, 0.1) is 23.6 Å². The summed E-state index contributed by atoms with van der Waals surface area (Å²) in [4.78, 5) is 80.4. The molecule has 1 fully saturated rings. The van der Waals surface area contributed by atoms with Gasteiger partial charge < -0.3 is 19.7 Å². The Balaban J connectivity index is 0.950. The Labute approximate surface area is 317 Å². The first-order valence-electron chi connectivity index (χ1n) is 18.5. The number of nitrogens with zero attached hydrogens (tertiary/aromatic N) is 6. The van der Waals surface area contributed by atoms with E-state index in [1.807, 2.05) is 60.5 Å². The Bertz CT molecular complexity index is 2430. The number of amides is 5. The molecule has 5 amide bonds. The molecule has 2 aromatic carbocycles. The molecule has 1 saturated heterocycles. The lowest BCUT2D eigenvalue weighted by atomic mass is 10.0. The lowest BCUT2D eigenvalue weighted by Crippen LogP contribution is -2.52. The summed E-state index contributed by atoms with van der Waals surface area (Å²) in [5.41, 5.74) is 6.77. The molecular formula is C42H40N8O5. The van der Waals surface area contributed by atoms with E-state index in [-0.39, 0.29) is 48.3 Å². The van der Waals surface area contributed by atoms with Crippen LogP contribution in [0.4, 0.5) is 0 Å². The topological polar surface area (TPSA) is 159 Å². The van der Waals surface area contributed by atoms with Crippen molar-refractivity contribution < 1.29 is 24.0 Å². The van der Waals surface area contributed by atoms with Crippen molar-refractivity contribution in [2.45, 2.75) is 71.8 Å². The standard InChI is InChI=1S/C42H40N8O5/c1-4-37-46-39(36-23-48(25(3)51)17-18-49(36)37)29-9-6-8-27-19-34(44-21-31(27)29)28-13-14-33(43-20-28)40(53)45-24(2)11-12-26-7-5-10-30-32(26)22-50(42(30)55)35-15-16-38(52)47-41(35)54/h5-14,19-21,24,35H,4,15-18,22-23H2,1-3H3,(H,45,53)(H,47,52,54)/b12-11+/t24-,35?/m1/s1. The quantitative estimate of drug-likeness (QED) is 0.218. The lowest BCUT2D eigenvalue weighted by Gasteiger charge is -2.29. The van der Waals surface area contributed by atoms with E-state index < -0.39 is 11.9 Å². The number of benzene rings is 2. The summed E-state index contributed by atoms with van der Waals surface area (Å²) >= 11 is 0. The molecular weight excluding hydrogens is 697 g/mol. The zero-order valence-electron chi connectivity index (χ0n) is 30.8. The van der Waals surface area contributed by atoms with Crippen molar-refractivity contribution >= 4 is 46.4 Å². The van der Waals surface area contributed by atoms with Crippen LogP contribution in [0.3, 0.4) is 0 Å². The first-order chi connectivity index (χ1) is 26.6. The third kappa shape index (κ3) is 6.66. The first kappa shape index (κ1) is 35.5. The summed E-state index contributed by atoms with van der Waals surface area (Å²) in [6, 6.07) is 16.0. The fourth-order valence-corrected chi connectivity index (χ4v) is 7.76. The van der Waals surface area contributed by atoms with Gasteiger partial charge in [-0.2, -0.15) is 0 Å². The molecule has 13 heteroatoms. The lowest BCUT2D eigenvalue weighted by molar-refractivity contribution is -0.137. The summed E-state index contributed by atoms with van der Waals surface area (Å²) in [6.45, 7) is 7.73. The number of nitrogens with one attached hydrogen (secondary N) is 2. The maximum absolute atomic E-state index is 13.2. The van der Waals surface area contributed by atoms with Gasteiger partial charge in [-0.25, -0.2) is 4.98 Å². The van der Waals surface area contributed by atoms with Crippen LogP contribution in [0.2, 0.25) is 0 Å². The number of carbonyl (C=O) groups excluding carboxylic acids is 5. The molecule has 278 valence electrons. The van der Waals surface area contributed by atoms with Gasteiger partial charge in [0.25, 0.3) is 11.8 Å². The van der Waals surface area contributed by atoms with Crippen LogP contribution in [-0.4, -0.2) is 77.5 Å². The predicted octanol–water partition coefficient (Wildman–Crippen LogP) is 4.68. The smallest absolute Gasteiger partial charge is 0.270 e. The summed E-state index contributed by atoms with van der Waals surface area (Å²) < 4.78 is 2.24. The second-order valence-electron chi connectivity index (χ2n) is 14.2. The van der Waals surface area contributed by atoms with Gasteiger partial charge in [-0.3, -0.25) is 39.3 Å². The summed E-state index contributed by atoms with van der Waals surface area (Å²) in [6.07, 6.45) is 8.48. The summed E-state index contributed by atoms with van der Waals surface area (Å²) in [7, 11) is 0. The number of aryl methyl sites for hydroxylation is 1. The van der Waals surface area contributed by atoms with E-state index in [9.17, 15) is 24.0 Å². The molecule has 3 aliphatic heterocycles. The SMILES string of the molecule is CCc1nc(-c2cccc3cc(-c4ccc(C(=O)N[C@H](C)/C=C/c5cccc6c5CN(C5CCC(=O)NC5=O)C6=O)nc4)ncc23)c2n1CCN(C(C)=O)C2. The average molecular weight is 737 g/mol. The maximum Gasteiger partial charge on any atom is 0.270 e. The van der Waals surface area contributed by atoms with Crippen LogP contribution < -0.4 is 10.6 Å². The molecule has 3 aromatic heterocycles. The van der Waals surface area contributed by atoms with Crippen LogP contribution in [0.25, 0.3) is 39.4 Å². The van der Waals surface area contributed by atoms with E-state index in [2.05, 4.69) is 33.2 Å². The molecule has 0 radical (unpaired) electrons. The fourth-order valence-electron chi connectivity index (χ4n) is 7.76. The van der Waals surface area contributed by atoms with E-state index in [0.717, 1.165) is 63.2 Å². The average Bonchev–Trinajstić information content (AvgIpc) is 3.73. The molecule has 0 saturated carbocycles. The number of hydrogen-bond acceptors (Lipinski definition) is 8. The Morgan fingerprint density at radius 3 is 2.58 bits per heavy atom. The predicted molar refractivity (Wildman–Crippen MR) is 205 cm³/mol. The highest BCUT2D eigenvalue weighted by molar-refractivity contribution is 6.06. The Kier molecular flexibility index (Phi) is 9.29. The van der Waals surface area contributed by atoms with Crippen LogP contribution in [0, 0.1) is 0 Å². The molecule has 0 spiro atoms. The zero-order chi connectivity index (χ0) is 38.4. The number of aromatic nitrogens is 4. The summed E-state index contributed by atoms with van der Waals surface area (Å²) in [5.74, 6) is -0.289. The number of pyridine rings is 2. The first-order valence-corrected chi connectivity index (χ1v) is 18.5. The third-order valence-corrected chi connectivity index (χ3v) is 10.7. The maximum atomic E-state index is 13.2. The molecule has 0 aliphatic carbocycles. The van der Waals surface area contributed by atoms with Crippen LogP contribution in [0.5, 0.6) is 0 Å². The van der Waals surface area contributed by atoms with Crippen molar-refractivity contribution in [1.29, 1.82) is 0 Å². The Morgan fingerprint density at radius 2 is 1.82 bits per heavy atom. The van der Waals surface area contributed by atoms with Crippen molar-refractivity contribution in [3.63, 3.8) is 0 Å². The van der Waals surface area contributed by atoms with Crippen LogP contribution in [0.15, 0.2) is 73.1 Å².